The summed E-state index contributed by atoms with van der Waals surface area (Å²) in [5.74, 6) is 5.14. The molecule has 0 aromatic heterocycles. The van der Waals surface area contributed by atoms with Crippen LogP contribution in [0.1, 0.15) is 105 Å². The Labute approximate surface area is 178 Å². The van der Waals surface area contributed by atoms with Crippen molar-refractivity contribution in [2.75, 3.05) is 0 Å². The smallest absolute Gasteiger partial charge is 0.103 e. The van der Waals surface area contributed by atoms with Crippen molar-refractivity contribution in [3.8, 4) is 0 Å². The van der Waals surface area contributed by atoms with Gasteiger partial charge in [0, 0.05) is 11.8 Å². The van der Waals surface area contributed by atoms with E-state index >= 15 is 0 Å². The van der Waals surface area contributed by atoms with E-state index in [0.29, 0.717) is 17.9 Å². The van der Waals surface area contributed by atoms with Crippen LogP contribution < -0.4 is 0 Å². The lowest BCUT2D eigenvalue weighted by Gasteiger charge is -2.59. The summed E-state index contributed by atoms with van der Waals surface area (Å²) in [6, 6.07) is 0. The Kier molecular flexibility index (Phi) is 4.97. The van der Waals surface area contributed by atoms with E-state index in [9.17, 15) is 4.39 Å². The van der Waals surface area contributed by atoms with E-state index in [-0.39, 0.29) is 11.0 Å². The molecule has 5 fully saturated rings. The number of epoxide rings is 1. The molecule has 1 heterocycles. The SMILES string of the molecule is CC(C)CCC[C@@H](C)[C@H]1CC[C@H]2[C@@H]3CC4OC45C[C@H](F)CC[C@]5(C)[C@H]3CC[C@]12C. The first-order valence-electron chi connectivity index (χ1n) is 13.0. The minimum absolute atomic E-state index is 0.0816. The molecular formula is C27H45FO. The molecule has 1 nitrogen and oxygen atoms in total. The number of alkyl halides is 1. The maximum absolute atomic E-state index is 14.3. The van der Waals surface area contributed by atoms with Crippen LogP contribution in [0.2, 0.25) is 0 Å². The van der Waals surface area contributed by atoms with Gasteiger partial charge in [-0.3, -0.25) is 0 Å². The van der Waals surface area contributed by atoms with Gasteiger partial charge in [0.2, 0.25) is 0 Å². The Morgan fingerprint density at radius 2 is 1.76 bits per heavy atom. The van der Waals surface area contributed by atoms with Crippen LogP contribution in [0.25, 0.3) is 0 Å². The largest absolute Gasteiger partial charge is 0.365 e. The highest BCUT2D eigenvalue weighted by Gasteiger charge is 2.76. The third kappa shape index (κ3) is 2.93. The maximum Gasteiger partial charge on any atom is 0.103 e. The zero-order valence-corrected chi connectivity index (χ0v) is 19.7. The molecule has 4 aliphatic carbocycles. The molecule has 2 heteroatoms. The molecule has 166 valence electrons. The van der Waals surface area contributed by atoms with Crippen LogP contribution >= 0.6 is 0 Å². The van der Waals surface area contributed by atoms with Crippen molar-refractivity contribution < 1.29 is 9.13 Å². The van der Waals surface area contributed by atoms with Crippen molar-refractivity contribution in [1.29, 1.82) is 0 Å². The molecule has 0 aromatic rings. The van der Waals surface area contributed by atoms with Gasteiger partial charge in [0.05, 0.1) is 6.10 Å². The van der Waals surface area contributed by atoms with Gasteiger partial charge in [-0.1, -0.05) is 53.9 Å². The quantitative estimate of drug-likeness (QED) is 0.430. The average Bonchev–Trinajstić information content (AvgIpc) is 3.22. The van der Waals surface area contributed by atoms with Gasteiger partial charge in [-0.25, -0.2) is 4.39 Å². The molecule has 1 saturated heterocycles. The summed E-state index contributed by atoms with van der Waals surface area (Å²) in [5.41, 5.74) is 0.703. The van der Waals surface area contributed by atoms with E-state index < -0.39 is 6.17 Å². The molecule has 1 spiro atoms. The number of rotatable bonds is 5. The number of halogens is 1. The van der Waals surface area contributed by atoms with E-state index in [1.807, 2.05) is 0 Å². The number of hydrogen-bond acceptors (Lipinski definition) is 1. The van der Waals surface area contributed by atoms with Crippen LogP contribution in [0, 0.1) is 46.3 Å². The Morgan fingerprint density at radius 1 is 0.966 bits per heavy atom. The van der Waals surface area contributed by atoms with Crippen molar-refractivity contribution in [2.45, 2.75) is 123 Å². The zero-order chi connectivity index (χ0) is 20.6. The van der Waals surface area contributed by atoms with E-state index in [4.69, 9.17) is 4.74 Å². The van der Waals surface area contributed by atoms with Crippen LogP contribution in [0.3, 0.4) is 0 Å². The van der Waals surface area contributed by atoms with Gasteiger partial charge >= 0.3 is 0 Å². The van der Waals surface area contributed by atoms with Gasteiger partial charge in [0.25, 0.3) is 0 Å². The van der Waals surface area contributed by atoms with Crippen LogP contribution in [-0.2, 0) is 4.74 Å². The van der Waals surface area contributed by atoms with E-state index in [1.54, 1.807) is 0 Å². The van der Waals surface area contributed by atoms with Gasteiger partial charge in [-0.2, -0.15) is 0 Å². The Bertz CT molecular complexity index is 632. The fourth-order valence-corrected chi connectivity index (χ4v) is 9.65. The highest BCUT2D eigenvalue weighted by molar-refractivity contribution is 5.24. The third-order valence-electron chi connectivity index (χ3n) is 11.2. The second-order valence-corrected chi connectivity index (χ2v) is 12.9. The summed E-state index contributed by atoms with van der Waals surface area (Å²) in [7, 11) is 0. The molecule has 0 aromatic carbocycles. The molecule has 0 N–H and O–H groups in total. The number of fused-ring (bicyclic) bond motifs is 4. The lowest BCUT2D eigenvalue weighted by Crippen LogP contribution is -2.58. The summed E-state index contributed by atoms with van der Waals surface area (Å²) in [4.78, 5) is 0. The summed E-state index contributed by atoms with van der Waals surface area (Å²) < 4.78 is 20.7. The van der Waals surface area contributed by atoms with Crippen molar-refractivity contribution >= 4 is 0 Å². The fraction of sp³-hybridized carbons (Fsp3) is 1.00. The van der Waals surface area contributed by atoms with Crippen molar-refractivity contribution in [1.82, 2.24) is 0 Å². The van der Waals surface area contributed by atoms with Crippen molar-refractivity contribution in [3.05, 3.63) is 0 Å². The van der Waals surface area contributed by atoms with Gasteiger partial charge in [0.15, 0.2) is 0 Å². The first-order valence-corrected chi connectivity index (χ1v) is 13.0. The second kappa shape index (κ2) is 6.94. The molecule has 5 rings (SSSR count). The van der Waals surface area contributed by atoms with Gasteiger partial charge in [0.1, 0.15) is 11.8 Å². The minimum atomic E-state index is -0.624. The predicted molar refractivity (Wildman–Crippen MR) is 117 cm³/mol. The first kappa shape index (κ1) is 20.8. The number of hydrogen-bond donors (Lipinski definition) is 0. The standard InChI is InChI=1S/C27H45FO/c1-17(2)7-6-8-18(3)21-9-10-22-20-15-24-27(29-24)16-19(28)11-14-26(27,5)23(20)12-13-25(21,22)4/h17-24H,6-16H2,1-5H3/t18-,19-,20+,21-,22+,23+,24?,25-,26-,27?/m1/s1. The molecule has 10 atom stereocenters. The fourth-order valence-electron chi connectivity index (χ4n) is 9.65. The van der Waals surface area contributed by atoms with Gasteiger partial charge in [-0.15, -0.1) is 0 Å². The van der Waals surface area contributed by atoms with Gasteiger partial charge < -0.3 is 4.74 Å². The zero-order valence-electron chi connectivity index (χ0n) is 19.7. The molecule has 0 bridgehead atoms. The van der Waals surface area contributed by atoms with Crippen LogP contribution in [-0.4, -0.2) is 17.9 Å². The molecule has 4 saturated carbocycles. The van der Waals surface area contributed by atoms with Crippen LogP contribution in [0.5, 0.6) is 0 Å². The highest BCUT2D eigenvalue weighted by Crippen LogP contribution is 2.74. The Hall–Kier alpha value is -0.110. The molecule has 0 radical (unpaired) electrons. The molecule has 1 aliphatic heterocycles. The first-order chi connectivity index (χ1) is 13.7. The molecule has 5 aliphatic rings. The summed E-state index contributed by atoms with van der Waals surface area (Å²) >= 11 is 0. The summed E-state index contributed by atoms with van der Waals surface area (Å²) in [5, 5.41) is 0. The van der Waals surface area contributed by atoms with Crippen molar-refractivity contribution in [3.63, 3.8) is 0 Å². The van der Waals surface area contributed by atoms with E-state index in [2.05, 4.69) is 34.6 Å². The Morgan fingerprint density at radius 3 is 2.52 bits per heavy atom. The predicted octanol–water partition coefficient (Wildman–Crippen LogP) is 7.58. The van der Waals surface area contributed by atoms with Crippen LogP contribution in [0.4, 0.5) is 4.39 Å². The number of ether oxygens (including phenoxy) is 1. The molecule has 0 amide bonds. The van der Waals surface area contributed by atoms with Crippen molar-refractivity contribution in [2.24, 2.45) is 46.3 Å². The summed E-state index contributed by atoms with van der Waals surface area (Å²) in [6.07, 6.45) is 13.4. The van der Waals surface area contributed by atoms with E-state index in [0.717, 1.165) is 48.3 Å². The monoisotopic (exact) mass is 404 g/mol. The van der Waals surface area contributed by atoms with E-state index in [1.165, 1.54) is 51.4 Å². The third-order valence-corrected chi connectivity index (χ3v) is 11.2. The Balaban J connectivity index is 1.33. The molecule has 29 heavy (non-hydrogen) atoms. The molecular weight excluding hydrogens is 359 g/mol. The lowest BCUT2D eigenvalue weighted by atomic mass is 9.44. The second-order valence-electron chi connectivity index (χ2n) is 12.9. The topological polar surface area (TPSA) is 12.5 Å². The maximum atomic E-state index is 14.3. The normalized spacial score (nSPS) is 54.3. The average molecular weight is 405 g/mol. The highest BCUT2D eigenvalue weighted by atomic mass is 19.1. The summed E-state index contributed by atoms with van der Waals surface area (Å²) in [6.45, 7) is 12.4. The lowest BCUT2D eigenvalue weighted by molar-refractivity contribution is -0.109. The van der Waals surface area contributed by atoms with Gasteiger partial charge in [-0.05, 0) is 85.9 Å². The molecule has 2 unspecified atom stereocenters. The van der Waals surface area contributed by atoms with Crippen LogP contribution in [0.15, 0.2) is 0 Å². The minimum Gasteiger partial charge on any atom is -0.365 e.